The summed E-state index contributed by atoms with van der Waals surface area (Å²) in [7, 11) is 0. The Morgan fingerprint density at radius 1 is 0.855 bits per heavy atom. The molecule has 4 aliphatic heterocycles. The summed E-state index contributed by atoms with van der Waals surface area (Å²) in [5.74, 6) is -0.679. The maximum Gasteiger partial charge on any atom is 0.274 e. The van der Waals surface area contributed by atoms with E-state index in [0.717, 1.165) is 112 Å². The van der Waals surface area contributed by atoms with Crippen LogP contribution < -0.4 is 31.5 Å². The van der Waals surface area contributed by atoms with Crippen molar-refractivity contribution in [2.45, 2.75) is 69.9 Å². The SMILES string of the molecule is Nc1nccc(C(=O)Nc2cc3cn(C4CCN(CC5CCN(c6ccc(C(=O)N[C@H]7CCC(=O)NC7=O)cc6)CC5)CC4)nc3cc2N2CCCCC2)n1. The number of piperidine rings is 4. The molecule has 6 heterocycles. The zero-order chi connectivity index (χ0) is 37.9. The van der Waals surface area contributed by atoms with Crippen LogP contribution in [0.4, 0.5) is 23.0 Å². The molecule has 0 radical (unpaired) electrons. The number of nitrogens with two attached hydrogens (primary N) is 1. The Morgan fingerprint density at radius 3 is 2.35 bits per heavy atom. The van der Waals surface area contributed by atoms with Gasteiger partial charge >= 0.3 is 0 Å². The van der Waals surface area contributed by atoms with E-state index in [0.29, 0.717) is 23.9 Å². The summed E-state index contributed by atoms with van der Waals surface area (Å²) in [4.78, 5) is 64.8. The minimum absolute atomic E-state index is 0.0660. The highest BCUT2D eigenvalue weighted by molar-refractivity contribution is 6.07. The van der Waals surface area contributed by atoms with E-state index >= 15 is 0 Å². The Kier molecular flexibility index (Phi) is 10.6. The van der Waals surface area contributed by atoms with Crippen molar-refractivity contribution in [3.8, 4) is 0 Å². The molecular formula is C40H49N11O4. The number of hydrogen-bond acceptors (Lipinski definition) is 11. The maximum absolute atomic E-state index is 13.2. The number of nitrogen functional groups attached to an aromatic ring is 1. The van der Waals surface area contributed by atoms with Crippen LogP contribution in [0.25, 0.3) is 10.9 Å². The largest absolute Gasteiger partial charge is 0.372 e. The highest BCUT2D eigenvalue weighted by Gasteiger charge is 2.29. The number of imide groups is 1. The minimum atomic E-state index is -0.688. The molecule has 5 N–H and O–H groups in total. The predicted octanol–water partition coefficient (Wildman–Crippen LogP) is 3.74. The molecule has 8 rings (SSSR count). The molecule has 0 aliphatic carbocycles. The lowest BCUT2D eigenvalue weighted by atomic mass is 9.94. The van der Waals surface area contributed by atoms with Crippen molar-refractivity contribution in [1.82, 2.24) is 35.3 Å². The van der Waals surface area contributed by atoms with Crippen LogP contribution in [-0.4, -0.2) is 100 Å². The number of amides is 4. The number of fused-ring (bicyclic) bond motifs is 1. The van der Waals surface area contributed by atoms with E-state index < -0.39 is 11.9 Å². The molecule has 4 amide bonds. The number of carbonyl (C=O) groups is 4. The molecule has 2 aromatic heterocycles. The van der Waals surface area contributed by atoms with Crippen molar-refractivity contribution >= 4 is 57.5 Å². The predicted molar refractivity (Wildman–Crippen MR) is 210 cm³/mol. The van der Waals surface area contributed by atoms with Gasteiger partial charge in [-0.25, -0.2) is 9.97 Å². The average Bonchev–Trinajstić information content (AvgIpc) is 3.63. The summed E-state index contributed by atoms with van der Waals surface area (Å²) >= 11 is 0. The van der Waals surface area contributed by atoms with Crippen LogP contribution in [0, 0.1) is 5.92 Å². The number of carbonyl (C=O) groups excluding carboxylic acids is 4. The van der Waals surface area contributed by atoms with Crippen LogP contribution in [0.1, 0.15) is 84.7 Å². The van der Waals surface area contributed by atoms with E-state index in [1.807, 2.05) is 18.2 Å². The average molecular weight is 748 g/mol. The second kappa shape index (κ2) is 16.0. The highest BCUT2D eigenvalue weighted by atomic mass is 16.2. The molecule has 4 saturated heterocycles. The molecule has 2 aromatic carbocycles. The Labute approximate surface area is 320 Å². The summed E-state index contributed by atoms with van der Waals surface area (Å²) in [5, 5.41) is 14.2. The van der Waals surface area contributed by atoms with Crippen LogP contribution in [-0.2, 0) is 9.59 Å². The van der Waals surface area contributed by atoms with Crippen LogP contribution in [0.5, 0.6) is 0 Å². The fourth-order valence-corrected chi connectivity index (χ4v) is 8.45. The van der Waals surface area contributed by atoms with Crippen LogP contribution in [0.15, 0.2) is 54.9 Å². The third-order valence-corrected chi connectivity index (χ3v) is 11.6. The fourth-order valence-electron chi connectivity index (χ4n) is 8.45. The Morgan fingerprint density at radius 2 is 1.62 bits per heavy atom. The summed E-state index contributed by atoms with van der Waals surface area (Å²) in [6.45, 7) is 6.99. The van der Waals surface area contributed by atoms with Crippen molar-refractivity contribution in [1.29, 1.82) is 0 Å². The first-order valence-corrected chi connectivity index (χ1v) is 19.7. The van der Waals surface area contributed by atoms with Crippen LogP contribution in [0.3, 0.4) is 0 Å². The third kappa shape index (κ3) is 8.41. The molecule has 4 fully saturated rings. The summed E-state index contributed by atoms with van der Waals surface area (Å²) < 4.78 is 2.14. The summed E-state index contributed by atoms with van der Waals surface area (Å²) in [6.07, 6.45) is 11.9. The number of rotatable bonds is 9. The van der Waals surface area contributed by atoms with Crippen molar-refractivity contribution < 1.29 is 19.2 Å². The molecule has 0 unspecified atom stereocenters. The Balaban J connectivity index is 0.837. The van der Waals surface area contributed by atoms with E-state index in [9.17, 15) is 19.2 Å². The van der Waals surface area contributed by atoms with Crippen molar-refractivity contribution in [3.63, 3.8) is 0 Å². The van der Waals surface area contributed by atoms with Gasteiger partial charge in [0, 0.05) is 81.3 Å². The third-order valence-electron chi connectivity index (χ3n) is 11.6. The van der Waals surface area contributed by atoms with Crippen LogP contribution in [0.2, 0.25) is 0 Å². The molecule has 288 valence electrons. The molecule has 55 heavy (non-hydrogen) atoms. The number of aromatic nitrogens is 4. The van der Waals surface area contributed by atoms with Crippen molar-refractivity contribution in [2.75, 3.05) is 66.7 Å². The van der Waals surface area contributed by atoms with E-state index in [-0.39, 0.29) is 35.8 Å². The van der Waals surface area contributed by atoms with Gasteiger partial charge in [0.25, 0.3) is 11.8 Å². The number of anilines is 4. The van der Waals surface area contributed by atoms with Crippen molar-refractivity contribution in [2.24, 2.45) is 5.92 Å². The second-order valence-electron chi connectivity index (χ2n) is 15.3. The van der Waals surface area contributed by atoms with Gasteiger partial charge in [-0.15, -0.1) is 0 Å². The quantitative estimate of drug-likeness (QED) is 0.183. The van der Waals surface area contributed by atoms with E-state index in [1.54, 1.807) is 18.2 Å². The number of nitrogens with zero attached hydrogens (tertiary/aromatic N) is 7. The monoisotopic (exact) mass is 747 g/mol. The number of hydrogen-bond donors (Lipinski definition) is 4. The maximum atomic E-state index is 13.2. The van der Waals surface area contributed by atoms with Gasteiger partial charge < -0.3 is 31.1 Å². The molecule has 15 heteroatoms. The lowest BCUT2D eigenvalue weighted by molar-refractivity contribution is -0.134. The first kappa shape index (κ1) is 36.4. The Hall–Kier alpha value is -5.57. The first-order chi connectivity index (χ1) is 26.8. The summed E-state index contributed by atoms with van der Waals surface area (Å²) in [5.41, 5.74) is 10.2. The molecule has 1 atom stereocenters. The molecule has 15 nitrogen and oxygen atoms in total. The lowest BCUT2D eigenvalue weighted by Gasteiger charge is -2.38. The van der Waals surface area contributed by atoms with Gasteiger partial charge in [-0.2, -0.15) is 5.10 Å². The van der Waals surface area contributed by atoms with E-state index in [2.05, 4.69) is 57.6 Å². The minimum Gasteiger partial charge on any atom is -0.372 e. The zero-order valence-electron chi connectivity index (χ0n) is 31.1. The molecule has 0 bridgehead atoms. The van der Waals surface area contributed by atoms with Gasteiger partial charge in [0.15, 0.2) is 0 Å². The van der Waals surface area contributed by atoms with Crippen molar-refractivity contribution in [3.05, 3.63) is 66.1 Å². The standard InChI is InChI=1S/C40H49N11O4/c41-40-42-15-10-32(45-40)38(54)44-34-22-28-25-51(47-33(28)23-35(34)50-16-2-1-3-17-50)30-13-18-48(19-14-30)24-26-11-20-49(21-12-26)29-6-4-27(5-7-29)37(53)43-31-8-9-36(52)46-39(31)55/h4-7,10,15,22-23,25-26,30-31H,1-3,8-9,11-14,16-21,24H2,(H,43,53)(H,44,54)(H2,41,42,45)(H,46,52,55)/t31-/m0/s1. The van der Waals surface area contributed by atoms with Gasteiger partial charge in [0.2, 0.25) is 17.8 Å². The molecule has 4 aromatic rings. The van der Waals surface area contributed by atoms with Gasteiger partial charge in [0.05, 0.1) is 22.9 Å². The smallest absolute Gasteiger partial charge is 0.274 e. The van der Waals surface area contributed by atoms with Gasteiger partial charge in [-0.1, -0.05) is 0 Å². The second-order valence-corrected chi connectivity index (χ2v) is 15.3. The number of nitrogens with one attached hydrogen (secondary N) is 3. The number of benzene rings is 2. The first-order valence-electron chi connectivity index (χ1n) is 19.7. The highest BCUT2D eigenvalue weighted by Crippen LogP contribution is 2.35. The normalized spacial score (nSPS) is 20.4. The molecule has 4 aliphatic rings. The molecular weight excluding hydrogens is 699 g/mol. The lowest BCUT2D eigenvalue weighted by Crippen LogP contribution is -2.52. The summed E-state index contributed by atoms with van der Waals surface area (Å²) in [6, 6.07) is 12.9. The van der Waals surface area contributed by atoms with E-state index in [4.69, 9.17) is 10.8 Å². The molecule has 0 saturated carbocycles. The van der Waals surface area contributed by atoms with Gasteiger partial charge in [-0.05, 0) is 99.7 Å². The zero-order valence-corrected chi connectivity index (χ0v) is 31.1. The van der Waals surface area contributed by atoms with E-state index in [1.165, 1.54) is 12.6 Å². The molecule has 0 spiro atoms. The fraction of sp³-hybridized carbons (Fsp3) is 0.475. The Bertz CT molecular complexity index is 2050. The number of likely N-dealkylation sites (tertiary alicyclic amines) is 1. The van der Waals surface area contributed by atoms with Gasteiger partial charge in [-0.3, -0.25) is 29.2 Å². The van der Waals surface area contributed by atoms with Crippen LogP contribution >= 0.6 is 0 Å². The van der Waals surface area contributed by atoms with Gasteiger partial charge in [0.1, 0.15) is 11.7 Å². The topological polar surface area (TPSA) is 184 Å².